The third-order valence-electron chi connectivity index (χ3n) is 3.94. The molecular formula is C18H19NO. The van der Waals surface area contributed by atoms with Crippen LogP contribution in [0.2, 0.25) is 0 Å². The normalized spacial score (nSPS) is 12.8. The number of hydrogen-bond acceptors (Lipinski definition) is 2. The monoisotopic (exact) mass is 265 g/mol. The van der Waals surface area contributed by atoms with Gasteiger partial charge in [-0.25, -0.2) is 0 Å². The highest BCUT2D eigenvalue weighted by atomic mass is 16.3. The first-order valence-electron chi connectivity index (χ1n) is 6.92. The van der Waals surface area contributed by atoms with Gasteiger partial charge < -0.3 is 9.73 Å². The first-order chi connectivity index (χ1) is 9.72. The second-order valence-electron chi connectivity index (χ2n) is 5.21. The molecule has 0 aliphatic heterocycles. The zero-order valence-corrected chi connectivity index (χ0v) is 12.1. The number of aryl methyl sites for hydroxylation is 2. The Morgan fingerprint density at radius 2 is 1.65 bits per heavy atom. The van der Waals surface area contributed by atoms with Crippen LogP contribution in [0.3, 0.4) is 0 Å². The van der Waals surface area contributed by atoms with E-state index < -0.39 is 0 Å². The van der Waals surface area contributed by atoms with Crippen LogP contribution in [0, 0.1) is 13.8 Å². The topological polar surface area (TPSA) is 25.2 Å². The highest BCUT2D eigenvalue weighted by Gasteiger charge is 2.19. The molecule has 0 fully saturated rings. The first kappa shape index (κ1) is 12.9. The summed E-state index contributed by atoms with van der Waals surface area (Å²) in [6.45, 7) is 4.23. The lowest BCUT2D eigenvalue weighted by Crippen LogP contribution is -2.18. The van der Waals surface area contributed by atoms with E-state index in [1.165, 1.54) is 27.5 Å². The molecule has 0 saturated carbocycles. The second-order valence-corrected chi connectivity index (χ2v) is 5.21. The third kappa shape index (κ3) is 2.02. The van der Waals surface area contributed by atoms with E-state index in [0.29, 0.717) is 0 Å². The lowest BCUT2D eigenvalue weighted by Gasteiger charge is -2.18. The summed E-state index contributed by atoms with van der Waals surface area (Å²) in [4.78, 5) is 0. The number of rotatable bonds is 3. The maximum absolute atomic E-state index is 5.69. The Labute approximate surface area is 119 Å². The molecule has 1 atom stereocenters. The van der Waals surface area contributed by atoms with Gasteiger partial charge in [0.05, 0.1) is 12.3 Å². The van der Waals surface area contributed by atoms with Gasteiger partial charge in [0.15, 0.2) is 0 Å². The summed E-state index contributed by atoms with van der Waals surface area (Å²) in [7, 11) is 1.97. The van der Waals surface area contributed by atoms with E-state index >= 15 is 0 Å². The Balaban J connectivity index is 2.23. The summed E-state index contributed by atoms with van der Waals surface area (Å²) in [6.07, 6.45) is 1.76. The van der Waals surface area contributed by atoms with Crippen LogP contribution in [-0.2, 0) is 0 Å². The van der Waals surface area contributed by atoms with Crippen LogP contribution in [0.5, 0.6) is 0 Å². The minimum Gasteiger partial charge on any atom is -0.467 e. The molecule has 1 N–H and O–H groups in total. The Morgan fingerprint density at radius 3 is 2.30 bits per heavy atom. The highest BCUT2D eigenvalue weighted by Crippen LogP contribution is 2.32. The van der Waals surface area contributed by atoms with Crippen molar-refractivity contribution >= 4 is 10.8 Å². The molecule has 2 heteroatoms. The molecule has 0 radical (unpaired) electrons. The van der Waals surface area contributed by atoms with E-state index in [9.17, 15) is 0 Å². The average Bonchev–Trinajstić information content (AvgIpc) is 2.89. The van der Waals surface area contributed by atoms with Gasteiger partial charge in [-0.3, -0.25) is 0 Å². The van der Waals surface area contributed by atoms with Gasteiger partial charge >= 0.3 is 0 Å². The molecule has 2 nitrogen and oxygen atoms in total. The van der Waals surface area contributed by atoms with Crippen molar-refractivity contribution in [2.75, 3.05) is 7.05 Å². The molecule has 0 spiro atoms. The fourth-order valence-electron chi connectivity index (χ4n) is 2.83. The van der Waals surface area contributed by atoms with Crippen molar-refractivity contribution in [3.63, 3.8) is 0 Å². The quantitative estimate of drug-likeness (QED) is 0.761. The standard InChI is InChI=1S/C18H19NO/c1-12-8-9-16(15-7-5-4-6-14(12)15)17(19-3)18-13(2)10-11-20-18/h4-11,17,19H,1-3H3. The molecule has 2 aromatic carbocycles. The van der Waals surface area contributed by atoms with Gasteiger partial charge in [-0.15, -0.1) is 0 Å². The summed E-state index contributed by atoms with van der Waals surface area (Å²) >= 11 is 0. The zero-order chi connectivity index (χ0) is 14.1. The SMILES string of the molecule is CNC(c1occc1C)c1ccc(C)c2ccccc12. The fraction of sp³-hybridized carbons (Fsp3) is 0.222. The largest absolute Gasteiger partial charge is 0.467 e. The summed E-state index contributed by atoms with van der Waals surface area (Å²) < 4.78 is 5.69. The van der Waals surface area contributed by atoms with Crippen molar-refractivity contribution in [2.45, 2.75) is 19.9 Å². The number of nitrogens with one attached hydrogen (secondary N) is 1. The Kier molecular flexibility index (Phi) is 3.33. The van der Waals surface area contributed by atoms with E-state index in [-0.39, 0.29) is 6.04 Å². The van der Waals surface area contributed by atoms with Crippen molar-refractivity contribution in [1.29, 1.82) is 0 Å². The molecule has 0 bridgehead atoms. The predicted octanol–water partition coefficient (Wildman–Crippen LogP) is 4.36. The zero-order valence-electron chi connectivity index (χ0n) is 12.1. The van der Waals surface area contributed by atoms with Gasteiger partial charge in [-0.2, -0.15) is 0 Å². The maximum atomic E-state index is 5.69. The predicted molar refractivity (Wildman–Crippen MR) is 83.0 cm³/mol. The van der Waals surface area contributed by atoms with Gasteiger partial charge in [0.1, 0.15) is 5.76 Å². The van der Waals surface area contributed by atoms with E-state index in [0.717, 1.165) is 5.76 Å². The summed E-state index contributed by atoms with van der Waals surface area (Å²) in [5.41, 5.74) is 3.73. The third-order valence-corrected chi connectivity index (χ3v) is 3.94. The van der Waals surface area contributed by atoms with Crippen molar-refractivity contribution in [3.05, 3.63) is 71.2 Å². The fourth-order valence-corrected chi connectivity index (χ4v) is 2.83. The molecule has 0 aliphatic rings. The summed E-state index contributed by atoms with van der Waals surface area (Å²) in [5.74, 6) is 0.988. The molecule has 3 aromatic rings. The van der Waals surface area contributed by atoms with E-state index in [1.54, 1.807) is 6.26 Å². The molecule has 0 aliphatic carbocycles. The number of benzene rings is 2. The lowest BCUT2D eigenvalue weighted by atomic mass is 9.94. The molecule has 102 valence electrons. The van der Waals surface area contributed by atoms with Crippen LogP contribution in [0.1, 0.15) is 28.5 Å². The molecule has 20 heavy (non-hydrogen) atoms. The number of hydrogen-bond donors (Lipinski definition) is 1. The average molecular weight is 265 g/mol. The highest BCUT2D eigenvalue weighted by molar-refractivity contribution is 5.89. The molecule has 0 amide bonds. The van der Waals surface area contributed by atoms with Crippen molar-refractivity contribution in [1.82, 2.24) is 5.32 Å². The number of furan rings is 1. The molecule has 0 saturated heterocycles. The molecule has 1 unspecified atom stereocenters. The minimum absolute atomic E-state index is 0.0792. The van der Waals surface area contributed by atoms with Crippen molar-refractivity contribution in [3.8, 4) is 0 Å². The lowest BCUT2D eigenvalue weighted by molar-refractivity contribution is 0.461. The van der Waals surface area contributed by atoms with E-state index in [2.05, 4.69) is 55.6 Å². The van der Waals surface area contributed by atoms with Crippen LogP contribution in [0.4, 0.5) is 0 Å². The second kappa shape index (κ2) is 5.14. The van der Waals surface area contributed by atoms with Crippen molar-refractivity contribution in [2.24, 2.45) is 0 Å². The molecule has 1 heterocycles. The van der Waals surface area contributed by atoms with Gasteiger partial charge in [-0.05, 0) is 54.4 Å². The van der Waals surface area contributed by atoms with E-state index in [1.807, 2.05) is 13.1 Å². The molecule has 3 rings (SSSR count). The molecule has 1 aromatic heterocycles. The van der Waals surface area contributed by atoms with Crippen LogP contribution in [0.25, 0.3) is 10.8 Å². The Bertz CT molecular complexity index is 742. The Morgan fingerprint density at radius 1 is 0.900 bits per heavy atom. The number of fused-ring (bicyclic) bond motifs is 1. The van der Waals surface area contributed by atoms with Crippen LogP contribution >= 0.6 is 0 Å². The van der Waals surface area contributed by atoms with E-state index in [4.69, 9.17) is 4.42 Å². The minimum atomic E-state index is 0.0792. The summed E-state index contributed by atoms with van der Waals surface area (Å²) in [6, 6.07) is 15.0. The van der Waals surface area contributed by atoms with Crippen LogP contribution in [-0.4, -0.2) is 7.05 Å². The van der Waals surface area contributed by atoms with Gasteiger partial charge in [0.25, 0.3) is 0 Å². The van der Waals surface area contributed by atoms with Gasteiger partial charge in [0, 0.05) is 0 Å². The summed E-state index contributed by atoms with van der Waals surface area (Å²) in [5, 5.41) is 5.96. The van der Waals surface area contributed by atoms with Crippen LogP contribution < -0.4 is 5.32 Å². The van der Waals surface area contributed by atoms with Crippen LogP contribution in [0.15, 0.2) is 53.1 Å². The van der Waals surface area contributed by atoms with Crippen molar-refractivity contribution < 1.29 is 4.42 Å². The Hall–Kier alpha value is -2.06. The smallest absolute Gasteiger partial charge is 0.128 e. The maximum Gasteiger partial charge on any atom is 0.128 e. The first-order valence-corrected chi connectivity index (χ1v) is 6.92. The van der Waals surface area contributed by atoms with Gasteiger partial charge in [-0.1, -0.05) is 36.4 Å². The van der Waals surface area contributed by atoms with Gasteiger partial charge in [0.2, 0.25) is 0 Å². The molecular weight excluding hydrogens is 246 g/mol.